The monoisotopic (exact) mass is 311 g/mol. The lowest BCUT2D eigenvalue weighted by Crippen LogP contribution is -2.33. The Morgan fingerprint density at radius 3 is 2.67 bits per heavy atom. The van der Waals surface area contributed by atoms with Crippen molar-refractivity contribution >= 4 is 9.84 Å². The van der Waals surface area contributed by atoms with Gasteiger partial charge in [-0.2, -0.15) is 0 Å². The fourth-order valence-corrected chi connectivity index (χ4v) is 4.13. The Morgan fingerprint density at radius 1 is 1.29 bits per heavy atom. The molecule has 1 aromatic rings. The van der Waals surface area contributed by atoms with E-state index in [1.807, 2.05) is 32.9 Å². The molecule has 0 aliphatic carbocycles. The van der Waals surface area contributed by atoms with Crippen molar-refractivity contribution in [1.82, 2.24) is 4.90 Å². The van der Waals surface area contributed by atoms with Gasteiger partial charge in [0.25, 0.3) is 0 Å². The van der Waals surface area contributed by atoms with Gasteiger partial charge in [0.2, 0.25) is 0 Å². The summed E-state index contributed by atoms with van der Waals surface area (Å²) in [7, 11) is -1.34. The zero-order chi connectivity index (χ0) is 15.7. The van der Waals surface area contributed by atoms with E-state index in [2.05, 4.69) is 11.0 Å². The lowest BCUT2D eigenvalue weighted by Gasteiger charge is -2.23. The third-order valence-corrected chi connectivity index (χ3v) is 7.17. The van der Waals surface area contributed by atoms with Crippen LogP contribution in [0.4, 0.5) is 0 Å². The standard InChI is InChI=1S/C16H25NO3S/c1-13-14(6-5-7-15(13)20-4)12-17-9-8-16(2,3)21(18,19)11-10-17/h5-7H,8-12H2,1-4H3. The molecule has 2 rings (SSSR count). The van der Waals surface area contributed by atoms with Gasteiger partial charge in [-0.25, -0.2) is 8.42 Å². The first kappa shape index (κ1) is 16.3. The summed E-state index contributed by atoms with van der Waals surface area (Å²) in [6.07, 6.45) is 0.679. The van der Waals surface area contributed by atoms with Crippen molar-refractivity contribution in [3.8, 4) is 5.75 Å². The molecular weight excluding hydrogens is 286 g/mol. The van der Waals surface area contributed by atoms with E-state index in [-0.39, 0.29) is 5.75 Å². The van der Waals surface area contributed by atoms with Crippen molar-refractivity contribution < 1.29 is 13.2 Å². The molecule has 1 heterocycles. The zero-order valence-corrected chi connectivity index (χ0v) is 14.2. The van der Waals surface area contributed by atoms with E-state index >= 15 is 0 Å². The van der Waals surface area contributed by atoms with E-state index in [0.717, 1.165) is 24.4 Å². The van der Waals surface area contributed by atoms with E-state index in [9.17, 15) is 8.42 Å². The highest BCUT2D eigenvalue weighted by Gasteiger charge is 2.36. The average molecular weight is 311 g/mol. The number of rotatable bonds is 3. The molecule has 118 valence electrons. The zero-order valence-electron chi connectivity index (χ0n) is 13.3. The first-order valence-electron chi connectivity index (χ1n) is 7.34. The molecule has 0 N–H and O–H groups in total. The van der Waals surface area contributed by atoms with Crippen LogP contribution in [0.25, 0.3) is 0 Å². The molecular formula is C16H25NO3S. The minimum Gasteiger partial charge on any atom is -0.496 e. The molecule has 0 amide bonds. The van der Waals surface area contributed by atoms with E-state index in [1.165, 1.54) is 5.56 Å². The normalized spacial score (nSPS) is 21.7. The van der Waals surface area contributed by atoms with Crippen LogP contribution in [-0.4, -0.2) is 44.0 Å². The summed E-state index contributed by atoms with van der Waals surface area (Å²) >= 11 is 0. The van der Waals surface area contributed by atoms with Crippen molar-refractivity contribution in [3.63, 3.8) is 0 Å². The van der Waals surface area contributed by atoms with Gasteiger partial charge in [0.1, 0.15) is 5.75 Å². The minimum atomic E-state index is -3.01. The largest absolute Gasteiger partial charge is 0.496 e. The number of benzene rings is 1. The minimum absolute atomic E-state index is 0.239. The van der Waals surface area contributed by atoms with E-state index in [4.69, 9.17) is 4.74 Å². The first-order valence-corrected chi connectivity index (χ1v) is 8.99. The molecule has 0 unspecified atom stereocenters. The Balaban J connectivity index is 2.15. The second-order valence-corrected chi connectivity index (χ2v) is 9.09. The number of methoxy groups -OCH3 is 1. The predicted octanol–water partition coefficient (Wildman–Crippen LogP) is 2.40. The topological polar surface area (TPSA) is 46.6 Å². The molecule has 21 heavy (non-hydrogen) atoms. The highest BCUT2D eigenvalue weighted by atomic mass is 32.2. The van der Waals surface area contributed by atoms with Gasteiger partial charge in [0.15, 0.2) is 9.84 Å². The molecule has 0 saturated carbocycles. The summed E-state index contributed by atoms with van der Waals surface area (Å²) in [6, 6.07) is 6.02. The van der Waals surface area contributed by atoms with Gasteiger partial charge in [-0.05, 0) is 44.4 Å². The predicted molar refractivity (Wildman–Crippen MR) is 85.5 cm³/mol. The lowest BCUT2D eigenvalue weighted by atomic mass is 10.1. The number of hydrogen-bond donors (Lipinski definition) is 0. The Bertz CT molecular complexity index is 608. The van der Waals surface area contributed by atoms with Crippen molar-refractivity contribution in [2.75, 3.05) is 26.0 Å². The van der Waals surface area contributed by atoms with Crippen LogP contribution >= 0.6 is 0 Å². The van der Waals surface area contributed by atoms with Gasteiger partial charge in [-0.15, -0.1) is 0 Å². The van der Waals surface area contributed by atoms with E-state index in [0.29, 0.717) is 13.0 Å². The summed E-state index contributed by atoms with van der Waals surface area (Å²) in [5.74, 6) is 1.12. The molecule has 1 aromatic carbocycles. The summed E-state index contributed by atoms with van der Waals surface area (Å²) in [5.41, 5.74) is 2.33. The third-order valence-electron chi connectivity index (χ3n) is 4.56. The summed E-state index contributed by atoms with van der Waals surface area (Å²) in [5, 5.41) is 0. The fourth-order valence-electron chi connectivity index (χ4n) is 2.67. The molecule has 1 saturated heterocycles. The van der Waals surface area contributed by atoms with Crippen LogP contribution in [0.3, 0.4) is 0 Å². The van der Waals surface area contributed by atoms with Crippen LogP contribution in [0.1, 0.15) is 31.4 Å². The molecule has 5 heteroatoms. The van der Waals surface area contributed by atoms with Crippen molar-refractivity contribution in [3.05, 3.63) is 29.3 Å². The molecule has 1 fully saturated rings. The van der Waals surface area contributed by atoms with Gasteiger partial charge in [-0.3, -0.25) is 4.90 Å². The summed E-state index contributed by atoms with van der Waals surface area (Å²) < 4.78 is 29.2. The van der Waals surface area contributed by atoms with Crippen LogP contribution in [0.5, 0.6) is 5.75 Å². The maximum absolute atomic E-state index is 12.2. The smallest absolute Gasteiger partial charge is 0.156 e. The highest BCUT2D eigenvalue weighted by Crippen LogP contribution is 2.27. The quantitative estimate of drug-likeness (QED) is 0.860. The fraction of sp³-hybridized carbons (Fsp3) is 0.625. The van der Waals surface area contributed by atoms with Crippen LogP contribution < -0.4 is 4.74 Å². The van der Waals surface area contributed by atoms with Crippen LogP contribution in [0.15, 0.2) is 18.2 Å². The maximum Gasteiger partial charge on any atom is 0.156 e. The van der Waals surface area contributed by atoms with Gasteiger partial charge in [0, 0.05) is 19.6 Å². The van der Waals surface area contributed by atoms with Crippen LogP contribution in [-0.2, 0) is 16.4 Å². The second-order valence-electron chi connectivity index (χ2n) is 6.35. The summed E-state index contributed by atoms with van der Waals surface area (Å²) in [4.78, 5) is 2.23. The van der Waals surface area contributed by atoms with Gasteiger partial charge < -0.3 is 4.74 Å². The summed E-state index contributed by atoms with van der Waals surface area (Å²) in [6.45, 7) is 7.90. The first-order chi connectivity index (χ1) is 9.77. The van der Waals surface area contributed by atoms with Crippen molar-refractivity contribution in [2.24, 2.45) is 0 Å². The van der Waals surface area contributed by atoms with Gasteiger partial charge >= 0.3 is 0 Å². The molecule has 0 aromatic heterocycles. The molecule has 4 nitrogen and oxygen atoms in total. The van der Waals surface area contributed by atoms with Crippen molar-refractivity contribution in [2.45, 2.75) is 38.5 Å². The van der Waals surface area contributed by atoms with Gasteiger partial charge in [0.05, 0.1) is 17.6 Å². The van der Waals surface area contributed by atoms with E-state index < -0.39 is 14.6 Å². The molecule has 0 atom stereocenters. The number of hydrogen-bond acceptors (Lipinski definition) is 4. The van der Waals surface area contributed by atoms with E-state index in [1.54, 1.807) is 7.11 Å². The highest BCUT2D eigenvalue weighted by molar-refractivity contribution is 7.92. The molecule has 1 aliphatic rings. The molecule has 1 aliphatic heterocycles. The molecule has 0 radical (unpaired) electrons. The average Bonchev–Trinajstić information content (AvgIpc) is 2.52. The molecule has 0 bridgehead atoms. The second kappa shape index (κ2) is 5.97. The number of nitrogens with zero attached hydrogens (tertiary/aromatic N) is 1. The Labute approximate surface area is 128 Å². The Kier molecular flexibility index (Phi) is 4.63. The SMILES string of the molecule is COc1cccc(CN2CCC(C)(C)S(=O)(=O)CC2)c1C. The van der Waals surface area contributed by atoms with Gasteiger partial charge in [-0.1, -0.05) is 12.1 Å². The number of sulfone groups is 1. The van der Waals surface area contributed by atoms with Crippen LogP contribution in [0.2, 0.25) is 0 Å². The van der Waals surface area contributed by atoms with Crippen molar-refractivity contribution in [1.29, 1.82) is 0 Å². The number of ether oxygens (including phenoxy) is 1. The lowest BCUT2D eigenvalue weighted by molar-refractivity contribution is 0.275. The van der Waals surface area contributed by atoms with Crippen LogP contribution in [0, 0.1) is 6.92 Å². The Hall–Kier alpha value is -1.07. The Morgan fingerprint density at radius 2 is 2.00 bits per heavy atom. The third kappa shape index (κ3) is 3.40. The maximum atomic E-state index is 12.2. The molecule has 0 spiro atoms.